The van der Waals surface area contributed by atoms with Gasteiger partial charge in [0.1, 0.15) is 50.0 Å². The Labute approximate surface area is 609 Å². The molecule has 0 aliphatic carbocycles. The molecule has 0 saturated heterocycles. The highest BCUT2D eigenvalue weighted by Crippen LogP contribution is 2.51. The Morgan fingerprint density at radius 3 is 1.04 bits per heavy atom. The van der Waals surface area contributed by atoms with Gasteiger partial charge in [-0.25, -0.2) is 29.9 Å². The average molecular weight is 1380 g/mol. The minimum Gasteiger partial charge on any atom is -0.456 e. The molecule has 0 fully saturated rings. The van der Waals surface area contributed by atoms with Crippen LogP contribution in [0.5, 0.6) is 0 Å². The lowest BCUT2D eigenvalue weighted by Gasteiger charge is -2.02. The largest absolute Gasteiger partial charge is 0.456 e. The van der Waals surface area contributed by atoms with Crippen LogP contribution in [0.2, 0.25) is 0 Å². The normalized spacial score (nSPS) is 12.4. The van der Waals surface area contributed by atoms with E-state index in [1.54, 1.807) is 0 Å². The van der Waals surface area contributed by atoms with Crippen LogP contribution in [-0.2, 0) is 0 Å². The predicted octanol–water partition coefficient (Wildman–Crippen LogP) is 25.0. The Bertz CT molecular complexity index is 8360. The van der Waals surface area contributed by atoms with Crippen LogP contribution in [0, 0.1) is 0 Å². The fourth-order valence-electron chi connectivity index (χ4n) is 17.9. The highest BCUT2D eigenvalue weighted by molar-refractivity contribution is 6.38. The van der Waals surface area contributed by atoms with Crippen molar-refractivity contribution < 1.29 is 13.3 Å². The van der Waals surface area contributed by atoms with Crippen LogP contribution >= 0.6 is 0 Å². The van der Waals surface area contributed by atoms with Crippen molar-refractivity contribution in [2.75, 3.05) is 0 Å². The number of rotatable bonds is 3. The highest BCUT2D eigenvalue weighted by atomic mass is 16.3. The summed E-state index contributed by atoms with van der Waals surface area (Å²) < 4.78 is 26.6. The van der Waals surface area contributed by atoms with Gasteiger partial charge in [-0.3, -0.25) is 13.2 Å². The Morgan fingerprint density at radius 2 is 0.565 bits per heavy atom. The Morgan fingerprint density at radius 1 is 0.204 bits per heavy atom. The van der Waals surface area contributed by atoms with E-state index in [9.17, 15) is 0 Å². The van der Waals surface area contributed by atoms with Gasteiger partial charge in [0.15, 0.2) is 16.9 Å². The van der Waals surface area contributed by atoms with Crippen molar-refractivity contribution in [1.82, 2.24) is 43.1 Å². The first-order chi connectivity index (χ1) is 53.6. The topological polar surface area (TPSA) is 130 Å². The van der Waals surface area contributed by atoms with Crippen LogP contribution in [0.4, 0.5) is 0 Å². The van der Waals surface area contributed by atoms with Crippen molar-refractivity contribution in [2.24, 2.45) is 0 Å². The zero-order valence-electron chi connectivity index (χ0n) is 57.2. The van der Waals surface area contributed by atoms with Gasteiger partial charge in [-0.05, 0) is 125 Å². The summed E-state index contributed by atoms with van der Waals surface area (Å²) in [5.41, 5.74) is 30.0. The smallest absolute Gasteiger partial charge is 0.165 e. The monoisotopic (exact) mass is 1380 g/mol. The van der Waals surface area contributed by atoms with E-state index in [1.807, 2.05) is 91.0 Å². The number of fused-ring (bicyclic) bond motifs is 33. The fraction of sp³-hybridized carbons (Fsp3) is 0. The van der Waals surface area contributed by atoms with Gasteiger partial charge in [-0.1, -0.05) is 212 Å². The molecule has 0 radical (unpaired) electrons. The zero-order valence-corrected chi connectivity index (χ0v) is 57.2. The number of furan rings is 3. The summed E-state index contributed by atoms with van der Waals surface area (Å²) in [5.74, 6) is 0. The van der Waals surface area contributed by atoms with Gasteiger partial charge in [-0.2, -0.15) is 0 Å². The van der Waals surface area contributed by atoms with Crippen molar-refractivity contribution in [3.8, 4) is 33.4 Å². The molecule has 0 aliphatic rings. The number of para-hydroxylation sites is 10. The van der Waals surface area contributed by atoms with Crippen molar-refractivity contribution in [3.63, 3.8) is 0 Å². The van der Waals surface area contributed by atoms with E-state index in [2.05, 4.69) is 232 Å². The van der Waals surface area contributed by atoms with Crippen LogP contribution < -0.4 is 0 Å². The zero-order chi connectivity index (χ0) is 70.1. The number of hydrogen-bond acceptors (Lipinski definition) is 9. The van der Waals surface area contributed by atoms with Crippen LogP contribution in [0.15, 0.2) is 323 Å². The van der Waals surface area contributed by atoms with E-state index >= 15 is 0 Å². The summed E-state index contributed by atoms with van der Waals surface area (Å²) in [6.45, 7) is 0. The molecule has 108 heavy (non-hydrogen) atoms. The third-order valence-electron chi connectivity index (χ3n) is 22.5. The summed E-state index contributed by atoms with van der Waals surface area (Å²) in [7, 11) is 0. The molecular formula is C96H51N9O3. The fourth-order valence-corrected chi connectivity index (χ4v) is 17.9. The number of benzene rings is 15. The first-order valence-corrected chi connectivity index (χ1v) is 36.3. The average Bonchev–Trinajstić information content (AvgIpc) is 1.53. The molecule has 498 valence electrons. The van der Waals surface area contributed by atoms with Crippen LogP contribution in [0.1, 0.15) is 0 Å². The maximum atomic E-state index is 6.68. The standard InChI is InChI=1S/3C32H17N3O/c1-2-9-18(10-3-1)19-12-8-13-21-27-26(36-31(19)21)17-22-29-32(34-24-15-6-5-14-23(24)33-29)35-25-16-7-4-11-20(25)28(27)30(22)35;1-2-8-18(9-3-1)19-14-15-26-21(16-19)28-27(36-26)17-22-30-32(34-24-12-6-5-11-23(24)33-30)35-25-13-7-4-10-20(25)29(28)31(22)35;1-2-8-18(9-3-1)19-14-15-21-26(16-19)36-27-17-22-30-32(34-24-12-6-5-11-23(24)33-30)35-25-13-7-4-10-20(25)29(28(21)27)31(22)35/h3*1-17H. The van der Waals surface area contributed by atoms with Gasteiger partial charge in [0.2, 0.25) is 0 Å². The second-order valence-electron chi connectivity index (χ2n) is 28.3. The molecule has 15 aromatic carbocycles. The van der Waals surface area contributed by atoms with Gasteiger partial charge < -0.3 is 13.3 Å². The molecule has 0 saturated carbocycles. The molecular weight excluding hydrogens is 1330 g/mol. The third-order valence-corrected chi connectivity index (χ3v) is 22.5. The summed E-state index contributed by atoms with van der Waals surface area (Å²) in [6.07, 6.45) is 0. The van der Waals surface area contributed by atoms with E-state index in [0.717, 1.165) is 198 Å². The minimum absolute atomic E-state index is 0.876. The summed E-state index contributed by atoms with van der Waals surface area (Å²) in [6, 6.07) is 107. The first kappa shape index (κ1) is 57.6. The summed E-state index contributed by atoms with van der Waals surface area (Å²) in [4.78, 5) is 30.4. The van der Waals surface area contributed by atoms with Gasteiger partial charge in [0.25, 0.3) is 0 Å². The lowest BCUT2D eigenvalue weighted by molar-refractivity contribution is 0.669. The highest BCUT2D eigenvalue weighted by Gasteiger charge is 2.29. The molecule has 0 bridgehead atoms. The van der Waals surface area contributed by atoms with Gasteiger partial charge in [-0.15, -0.1) is 0 Å². The summed E-state index contributed by atoms with van der Waals surface area (Å²) >= 11 is 0. The molecule has 12 heterocycles. The molecule has 0 unspecified atom stereocenters. The van der Waals surface area contributed by atoms with Crippen LogP contribution in [0.3, 0.4) is 0 Å². The maximum Gasteiger partial charge on any atom is 0.165 e. The van der Waals surface area contributed by atoms with Crippen molar-refractivity contribution >= 4 is 214 Å². The predicted molar refractivity (Wildman–Crippen MR) is 441 cm³/mol. The van der Waals surface area contributed by atoms with E-state index in [4.69, 9.17) is 43.2 Å². The van der Waals surface area contributed by atoms with Gasteiger partial charge in [0.05, 0.1) is 66.2 Å². The number of nitrogens with zero attached hydrogens (tertiary/aromatic N) is 9. The van der Waals surface area contributed by atoms with E-state index < -0.39 is 0 Å². The molecule has 0 aliphatic heterocycles. The molecule has 0 amide bonds. The van der Waals surface area contributed by atoms with Gasteiger partial charge in [0, 0.05) is 86.4 Å². The SMILES string of the molecule is c1ccc(-c2ccc3c(c2)oc2cc4c5nc6ccccc6nc5n5c6ccccc6c(c23)c45)cc1.c1ccc(-c2ccc3oc4cc5c6nc7ccccc7nc6n6c7ccccc7c(c4c3c2)c56)cc1.c1ccc(-c2cccc3c2oc2cc4c5nc6ccccc6nc5n5c6ccccc6c(c23)c45)cc1. The third kappa shape index (κ3) is 7.85. The van der Waals surface area contributed by atoms with Crippen molar-refractivity contribution in [2.45, 2.75) is 0 Å². The van der Waals surface area contributed by atoms with Crippen molar-refractivity contribution in [1.29, 1.82) is 0 Å². The second-order valence-corrected chi connectivity index (χ2v) is 28.3. The number of hydrogen-bond donors (Lipinski definition) is 0. The minimum atomic E-state index is 0.876. The Balaban J connectivity index is 0.0000000931. The number of aromatic nitrogens is 9. The lowest BCUT2D eigenvalue weighted by atomic mass is 10.00. The van der Waals surface area contributed by atoms with Gasteiger partial charge >= 0.3 is 0 Å². The molecule has 27 rings (SSSR count). The molecule has 12 heteroatoms. The Kier molecular flexibility index (Phi) is 11.4. The van der Waals surface area contributed by atoms with E-state index in [-0.39, 0.29) is 0 Å². The second kappa shape index (κ2) is 21.4. The Hall–Kier alpha value is -14.9. The van der Waals surface area contributed by atoms with Crippen molar-refractivity contribution in [3.05, 3.63) is 309 Å². The molecule has 27 aromatic rings. The summed E-state index contributed by atoms with van der Waals surface area (Å²) in [5, 5.41) is 17.3. The molecule has 12 aromatic heterocycles. The molecule has 0 atom stereocenters. The maximum absolute atomic E-state index is 6.68. The quantitative estimate of drug-likeness (QED) is 0.170. The van der Waals surface area contributed by atoms with E-state index in [1.165, 1.54) is 49.0 Å². The lowest BCUT2D eigenvalue weighted by Crippen LogP contribution is -1.88. The first-order valence-electron chi connectivity index (χ1n) is 36.3. The van der Waals surface area contributed by atoms with E-state index in [0.29, 0.717) is 0 Å². The van der Waals surface area contributed by atoms with Crippen LogP contribution in [0.25, 0.3) is 247 Å². The van der Waals surface area contributed by atoms with Crippen LogP contribution in [-0.4, -0.2) is 43.1 Å². The molecule has 0 N–H and O–H groups in total. The molecule has 12 nitrogen and oxygen atoms in total. The molecule has 0 spiro atoms.